The van der Waals surface area contributed by atoms with Crippen LogP contribution in [0.5, 0.6) is 0 Å². The Morgan fingerprint density at radius 1 is 1.31 bits per heavy atom. The maximum Gasteiger partial charge on any atom is 0.243 e. The molecule has 16 heavy (non-hydrogen) atoms. The molecule has 0 bridgehead atoms. The third-order valence-electron chi connectivity index (χ3n) is 1.97. The van der Waals surface area contributed by atoms with Crippen LogP contribution in [0.15, 0.2) is 29.2 Å². The Morgan fingerprint density at radius 3 is 2.50 bits per heavy atom. The van der Waals surface area contributed by atoms with Crippen LogP contribution in [-0.2, 0) is 10.0 Å². The topological polar surface area (TPSA) is 63.4 Å². The summed E-state index contributed by atoms with van der Waals surface area (Å²) in [7, 11) is -0.471. The average molecular weight is 238 g/mol. The molecule has 86 valence electrons. The summed E-state index contributed by atoms with van der Waals surface area (Å²) >= 11 is 0. The lowest BCUT2D eigenvalue weighted by molar-refractivity contribution is 0.520. The first-order chi connectivity index (χ1) is 7.50. The van der Waals surface area contributed by atoms with Gasteiger partial charge in [-0.2, -0.15) is 0 Å². The van der Waals surface area contributed by atoms with Crippen molar-refractivity contribution >= 4 is 10.0 Å². The van der Waals surface area contributed by atoms with Crippen molar-refractivity contribution in [2.24, 2.45) is 5.73 Å². The number of benzene rings is 1. The van der Waals surface area contributed by atoms with Gasteiger partial charge in [0, 0.05) is 19.7 Å². The summed E-state index contributed by atoms with van der Waals surface area (Å²) in [6.07, 6.45) is 0. The fraction of sp³-hybridized carbons (Fsp3) is 0.273. The number of sulfonamides is 1. The molecule has 0 aliphatic rings. The largest absolute Gasteiger partial charge is 0.320 e. The van der Waals surface area contributed by atoms with Gasteiger partial charge in [0.15, 0.2) is 0 Å². The molecular formula is C11H14N2O2S. The van der Waals surface area contributed by atoms with Crippen LogP contribution in [0, 0.1) is 11.8 Å². The van der Waals surface area contributed by atoms with Crippen molar-refractivity contribution in [2.45, 2.75) is 4.90 Å². The Bertz CT molecular complexity index is 524. The minimum atomic E-state index is -3.45. The van der Waals surface area contributed by atoms with Crippen molar-refractivity contribution in [3.05, 3.63) is 29.8 Å². The van der Waals surface area contributed by atoms with Crippen molar-refractivity contribution in [1.82, 2.24) is 4.31 Å². The molecule has 2 N–H and O–H groups in total. The molecule has 0 unspecified atom stereocenters. The van der Waals surface area contributed by atoms with Gasteiger partial charge >= 0.3 is 0 Å². The summed E-state index contributed by atoms with van der Waals surface area (Å²) in [6, 6.07) is 6.62. The normalized spacial score (nSPS) is 11.0. The summed E-state index contributed by atoms with van der Waals surface area (Å²) in [4.78, 5) is 0.209. The zero-order valence-corrected chi connectivity index (χ0v) is 10.1. The molecule has 0 heterocycles. The second-order valence-electron chi connectivity index (χ2n) is 3.29. The minimum Gasteiger partial charge on any atom is -0.320 e. The molecule has 1 aromatic carbocycles. The van der Waals surface area contributed by atoms with Gasteiger partial charge in [-0.05, 0) is 12.1 Å². The first kappa shape index (κ1) is 12.7. The molecule has 0 spiro atoms. The van der Waals surface area contributed by atoms with Gasteiger partial charge in [-0.15, -0.1) is 0 Å². The van der Waals surface area contributed by atoms with Gasteiger partial charge < -0.3 is 5.73 Å². The number of nitrogens with zero attached hydrogens (tertiary/aromatic N) is 1. The standard InChI is InChI=1S/C11H14N2O2S/c1-13(2)16(14,15)11-8-4-3-6-10(11)7-5-9-12/h3-4,6,8H,9,12H2,1-2H3. The van der Waals surface area contributed by atoms with Gasteiger partial charge in [-0.3, -0.25) is 0 Å². The van der Waals surface area contributed by atoms with Crippen LogP contribution in [0.1, 0.15) is 5.56 Å². The highest BCUT2D eigenvalue weighted by molar-refractivity contribution is 7.89. The molecule has 0 aliphatic carbocycles. The fourth-order valence-corrected chi connectivity index (χ4v) is 2.18. The smallest absolute Gasteiger partial charge is 0.243 e. The van der Waals surface area contributed by atoms with E-state index in [-0.39, 0.29) is 11.4 Å². The summed E-state index contributed by atoms with van der Waals surface area (Å²) in [5, 5.41) is 0. The molecule has 0 aromatic heterocycles. The highest BCUT2D eigenvalue weighted by Crippen LogP contribution is 2.17. The van der Waals surface area contributed by atoms with E-state index in [1.807, 2.05) is 0 Å². The van der Waals surface area contributed by atoms with E-state index < -0.39 is 10.0 Å². The molecule has 5 heteroatoms. The Balaban J connectivity index is 3.35. The van der Waals surface area contributed by atoms with Crippen molar-refractivity contribution in [2.75, 3.05) is 20.6 Å². The van der Waals surface area contributed by atoms with E-state index in [1.54, 1.807) is 18.2 Å². The van der Waals surface area contributed by atoms with Crippen LogP contribution < -0.4 is 5.73 Å². The fourth-order valence-electron chi connectivity index (χ4n) is 1.14. The minimum absolute atomic E-state index is 0.205. The Labute approximate surface area is 96.1 Å². The summed E-state index contributed by atoms with van der Waals surface area (Å²) < 4.78 is 25.0. The second-order valence-corrected chi connectivity index (χ2v) is 5.41. The molecule has 4 nitrogen and oxygen atoms in total. The van der Waals surface area contributed by atoms with E-state index in [4.69, 9.17) is 5.73 Å². The van der Waals surface area contributed by atoms with Gasteiger partial charge in [-0.1, -0.05) is 24.0 Å². The summed E-state index contributed by atoms with van der Waals surface area (Å²) in [6.45, 7) is 0.205. The first-order valence-corrected chi connectivity index (χ1v) is 6.14. The first-order valence-electron chi connectivity index (χ1n) is 4.70. The van der Waals surface area contributed by atoms with Crippen molar-refractivity contribution in [3.8, 4) is 11.8 Å². The van der Waals surface area contributed by atoms with E-state index in [0.29, 0.717) is 5.56 Å². The molecule has 0 saturated carbocycles. The van der Waals surface area contributed by atoms with Crippen LogP contribution in [0.3, 0.4) is 0 Å². The van der Waals surface area contributed by atoms with Gasteiger partial charge in [0.25, 0.3) is 0 Å². The summed E-state index contributed by atoms with van der Waals surface area (Å²) in [5.41, 5.74) is 5.74. The zero-order valence-electron chi connectivity index (χ0n) is 9.27. The molecular weight excluding hydrogens is 224 g/mol. The predicted molar refractivity (Wildman–Crippen MR) is 63.2 cm³/mol. The van der Waals surface area contributed by atoms with Crippen LogP contribution in [0.2, 0.25) is 0 Å². The maximum atomic E-state index is 11.9. The van der Waals surface area contributed by atoms with Crippen molar-refractivity contribution < 1.29 is 8.42 Å². The Kier molecular flexibility index (Phi) is 4.07. The van der Waals surface area contributed by atoms with Crippen LogP contribution in [0.4, 0.5) is 0 Å². The van der Waals surface area contributed by atoms with Crippen molar-refractivity contribution in [1.29, 1.82) is 0 Å². The third-order valence-corrected chi connectivity index (χ3v) is 3.84. The van der Waals surface area contributed by atoms with E-state index in [1.165, 1.54) is 20.2 Å². The van der Waals surface area contributed by atoms with Crippen LogP contribution in [0.25, 0.3) is 0 Å². The van der Waals surface area contributed by atoms with E-state index in [2.05, 4.69) is 11.8 Å². The number of nitrogens with two attached hydrogens (primary N) is 1. The molecule has 1 aromatic rings. The Hall–Kier alpha value is -1.35. The lowest BCUT2D eigenvalue weighted by Gasteiger charge is -2.12. The Morgan fingerprint density at radius 2 is 1.94 bits per heavy atom. The highest BCUT2D eigenvalue weighted by atomic mass is 32.2. The molecule has 0 fully saturated rings. The maximum absolute atomic E-state index is 11.9. The van der Waals surface area contributed by atoms with Gasteiger partial charge in [0.1, 0.15) is 0 Å². The monoisotopic (exact) mass is 238 g/mol. The van der Waals surface area contributed by atoms with Gasteiger partial charge in [-0.25, -0.2) is 12.7 Å². The van der Waals surface area contributed by atoms with Gasteiger partial charge in [0.2, 0.25) is 10.0 Å². The van der Waals surface area contributed by atoms with E-state index >= 15 is 0 Å². The predicted octanol–water partition coefficient (Wildman–Crippen LogP) is 0.247. The molecule has 0 atom stereocenters. The lowest BCUT2D eigenvalue weighted by Crippen LogP contribution is -2.23. The van der Waals surface area contributed by atoms with Crippen molar-refractivity contribution in [3.63, 3.8) is 0 Å². The molecule has 0 saturated heterocycles. The molecule has 1 rings (SSSR count). The third kappa shape index (κ3) is 2.61. The number of hydrogen-bond acceptors (Lipinski definition) is 3. The average Bonchev–Trinajstić information content (AvgIpc) is 2.26. The van der Waals surface area contributed by atoms with E-state index in [0.717, 1.165) is 4.31 Å². The van der Waals surface area contributed by atoms with Crippen LogP contribution in [-0.4, -0.2) is 33.4 Å². The molecule has 0 amide bonds. The lowest BCUT2D eigenvalue weighted by atomic mass is 10.2. The SMILES string of the molecule is CN(C)S(=O)(=O)c1ccccc1C#CCN. The zero-order chi connectivity index (χ0) is 12.2. The molecule has 0 radical (unpaired) electrons. The number of hydrogen-bond donors (Lipinski definition) is 1. The van der Waals surface area contributed by atoms with E-state index in [9.17, 15) is 8.42 Å². The van der Waals surface area contributed by atoms with Gasteiger partial charge in [0.05, 0.1) is 11.4 Å². The number of rotatable bonds is 2. The summed E-state index contributed by atoms with van der Waals surface area (Å²) in [5.74, 6) is 5.40. The quantitative estimate of drug-likeness (QED) is 0.751. The second kappa shape index (κ2) is 5.12. The highest BCUT2D eigenvalue weighted by Gasteiger charge is 2.19. The molecule has 0 aliphatic heterocycles. The van der Waals surface area contributed by atoms with Crippen LogP contribution >= 0.6 is 0 Å².